The van der Waals surface area contributed by atoms with Crippen LogP contribution in [0.15, 0.2) is 66.7 Å². The van der Waals surface area contributed by atoms with Gasteiger partial charge in [0.1, 0.15) is 0 Å². The predicted molar refractivity (Wildman–Crippen MR) is 68.2 cm³/mol. The monoisotopic (exact) mass is 207 g/mol. The van der Waals surface area contributed by atoms with E-state index >= 15 is 0 Å². The topological polar surface area (TPSA) is 3.24 Å². The highest BCUT2D eigenvalue weighted by Gasteiger charge is 2.19. The SMILES string of the molecule is C1=C(c2ccccc2)N(c2ccccc2)C1. The molecule has 0 spiro atoms. The summed E-state index contributed by atoms with van der Waals surface area (Å²) in [6, 6.07) is 21.0. The standard InChI is InChI=1S/C15H13N/c1-3-7-13(8-4-1)15-11-12-16(15)14-9-5-2-6-10-14/h1-11H,12H2. The van der Waals surface area contributed by atoms with Gasteiger partial charge in [0.2, 0.25) is 0 Å². The normalized spacial score (nSPS) is 14.2. The zero-order valence-corrected chi connectivity index (χ0v) is 9.01. The zero-order chi connectivity index (χ0) is 10.8. The molecule has 0 fully saturated rings. The first-order valence-corrected chi connectivity index (χ1v) is 5.53. The van der Waals surface area contributed by atoms with Crippen LogP contribution in [-0.2, 0) is 0 Å². The summed E-state index contributed by atoms with van der Waals surface area (Å²) in [4.78, 5) is 2.33. The van der Waals surface area contributed by atoms with E-state index in [9.17, 15) is 0 Å². The molecule has 0 N–H and O–H groups in total. The number of hydrogen-bond acceptors (Lipinski definition) is 1. The maximum Gasteiger partial charge on any atom is 0.0464 e. The number of hydrogen-bond donors (Lipinski definition) is 0. The average molecular weight is 207 g/mol. The van der Waals surface area contributed by atoms with Crippen LogP contribution < -0.4 is 4.90 Å². The Labute approximate surface area is 95.6 Å². The van der Waals surface area contributed by atoms with Gasteiger partial charge in [0.05, 0.1) is 0 Å². The van der Waals surface area contributed by atoms with Gasteiger partial charge in [-0.1, -0.05) is 48.5 Å². The third kappa shape index (κ3) is 1.50. The number of benzene rings is 2. The van der Waals surface area contributed by atoms with Crippen LogP contribution in [0.1, 0.15) is 5.56 Å². The molecule has 0 radical (unpaired) electrons. The van der Waals surface area contributed by atoms with Crippen LogP contribution >= 0.6 is 0 Å². The quantitative estimate of drug-likeness (QED) is 0.728. The fourth-order valence-electron chi connectivity index (χ4n) is 2.01. The summed E-state index contributed by atoms with van der Waals surface area (Å²) < 4.78 is 0. The molecule has 16 heavy (non-hydrogen) atoms. The molecule has 0 bridgehead atoms. The molecule has 1 heteroatoms. The number of rotatable bonds is 2. The molecular weight excluding hydrogens is 194 g/mol. The highest BCUT2D eigenvalue weighted by Crippen LogP contribution is 2.31. The van der Waals surface area contributed by atoms with Crippen molar-refractivity contribution in [2.75, 3.05) is 11.4 Å². The molecule has 2 aromatic carbocycles. The first kappa shape index (κ1) is 9.22. The second-order valence-electron chi connectivity index (χ2n) is 3.90. The molecule has 78 valence electrons. The second-order valence-corrected chi connectivity index (χ2v) is 3.90. The Bertz CT molecular complexity index is 499. The molecule has 0 aromatic heterocycles. The minimum Gasteiger partial charge on any atom is -0.337 e. The van der Waals surface area contributed by atoms with Crippen LogP contribution in [0.3, 0.4) is 0 Å². The van der Waals surface area contributed by atoms with E-state index in [0.717, 1.165) is 6.54 Å². The molecule has 1 aliphatic heterocycles. The van der Waals surface area contributed by atoms with E-state index in [1.165, 1.54) is 16.9 Å². The smallest absolute Gasteiger partial charge is 0.0464 e. The maximum atomic E-state index is 2.33. The van der Waals surface area contributed by atoms with Crippen LogP contribution in [0.25, 0.3) is 5.70 Å². The van der Waals surface area contributed by atoms with E-state index in [1.807, 2.05) is 0 Å². The molecule has 0 amide bonds. The van der Waals surface area contributed by atoms with Crippen molar-refractivity contribution >= 4 is 11.4 Å². The summed E-state index contributed by atoms with van der Waals surface area (Å²) in [5.41, 5.74) is 3.87. The molecular formula is C15H13N. The Morgan fingerprint density at radius 2 is 1.38 bits per heavy atom. The lowest BCUT2D eigenvalue weighted by atomic mass is 10.0. The van der Waals surface area contributed by atoms with Crippen molar-refractivity contribution in [3.05, 3.63) is 72.3 Å². The zero-order valence-electron chi connectivity index (χ0n) is 9.01. The average Bonchev–Trinajstić information content (AvgIpc) is 2.30. The van der Waals surface area contributed by atoms with Crippen LogP contribution in [0, 0.1) is 0 Å². The highest BCUT2D eigenvalue weighted by molar-refractivity contribution is 5.85. The van der Waals surface area contributed by atoms with Gasteiger partial charge < -0.3 is 4.90 Å². The van der Waals surface area contributed by atoms with E-state index in [0.29, 0.717) is 0 Å². The van der Waals surface area contributed by atoms with Crippen molar-refractivity contribution < 1.29 is 0 Å². The minimum absolute atomic E-state index is 1.01. The molecule has 0 unspecified atom stereocenters. The van der Waals surface area contributed by atoms with E-state index in [4.69, 9.17) is 0 Å². The van der Waals surface area contributed by atoms with Crippen molar-refractivity contribution in [2.45, 2.75) is 0 Å². The lowest BCUT2D eigenvalue weighted by molar-refractivity contribution is 1.03. The van der Waals surface area contributed by atoms with E-state index in [1.54, 1.807) is 0 Å². The van der Waals surface area contributed by atoms with Crippen molar-refractivity contribution in [2.24, 2.45) is 0 Å². The lowest BCUT2D eigenvalue weighted by Crippen LogP contribution is -2.29. The van der Waals surface area contributed by atoms with E-state index in [2.05, 4.69) is 71.6 Å². The summed E-state index contributed by atoms with van der Waals surface area (Å²) in [5.74, 6) is 0. The summed E-state index contributed by atoms with van der Waals surface area (Å²) in [5, 5.41) is 0. The lowest BCUT2D eigenvalue weighted by Gasteiger charge is -2.34. The van der Waals surface area contributed by atoms with Gasteiger partial charge in [-0.3, -0.25) is 0 Å². The molecule has 0 saturated heterocycles. The number of anilines is 1. The van der Waals surface area contributed by atoms with E-state index < -0.39 is 0 Å². The molecule has 3 rings (SSSR count). The first-order chi connectivity index (χ1) is 7.95. The molecule has 1 heterocycles. The first-order valence-electron chi connectivity index (χ1n) is 5.53. The summed E-state index contributed by atoms with van der Waals surface area (Å²) in [6.45, 7) is 1.01. The summed E-state index contributed by atoms with van der Waals surface area (Å²) >= 11 is 0. The third-order valence-corrected chi connectivity index (χ3v) is 2.90. The Kier molecular flexibility index (Phi) is 2.22. The Balaban J connectivity index is 1.91. The molecule has 1 nitrogen and oxygen atoms in total. The molecule has 2 aromatic rings. The summed E-state index contributed by atoms with van der Waals surface area (Å²) in [7, 11) is 0. The molecule has 0 saturated carbocycles. The molecule has 1 aliphatic rings. The fourth-order valence-corrected chi connectivity index (χ4v) is 2.01. The van der Waals surface area contributed by atoms with Crippen LogP contribution in [0.2, 0.25) is 0 Å². The largest absolute Gasteiger partial charge is 0.337 e. The second kappa shape index (κ2) is 3.86. The van der Waals surface area contributed by atoms with Gasteiger partial charge in [-0.15, -0.1) is 0 Å². The van der Waals surface area contributed by atoms with Gasteiger partial charge in [-0.2, -0.15) is 0 Å². The van der Waals surface area contributed by atoms with Crippen LogP contribution in [0.5, 0.6) is 0 Å². The number of nitrogens with zero attached hydrogens (tertiary/aromatic N) is 1. The van der Waals surface area contributed by atoms with Gasteiger partial charge in [-0.25, -0.2) is 0 Å². The van der Waals surface area contributed by atoms with Gasteiger partial charge in [0.15, 0.2) is 0 Å². The minimum atomic E-state index is 1.01. The van der Waals surface area contributed by atoms with Crippen molar-refractivity contribution in [1.82, 2.24) is 0 Å². The molecule has 0 atom stereocenters. The Morgan fingerprint density at radius 1 is 0.750 bits per heavy atom. The van der Waals surface area contributed by atoms with Gasteiger partial charge in [0.25, 0.3) is 0 Å². The van der Waals surface area contributed by atoms with Crippen molar-refractivity contribution in [3.63, 3.8) is 0 Å². The molecule has 0 aliphatic carbocycles. The Morgan fingerprint density at radius 3 is 1.94 bits per heavy atom. The fraction of sp³-hybridized carbons (Fsp3) is 0.0667. The highest BCUT2D eigenvalue weighted by atomic mass is 15.2. The summed E-state index contributed by atoms with van der Waals surface area (Å²) in [6.07, 6.45) is 2.27. The third-order valence-electron chi connectivity index (χ3n) is 2.90. The predicted octanol–water partition coefficient (Wildman–Crippen LogP) is 3.55. The van der Waals surface area contributed by atoms with Gasteiger partial charge in [0, 0.05) is 17.9 Å². The van der Waals surface area contributed by atoms with Gasteiger partial charge in [-0.05, 0) is 23.8 Å². The maximum absolute atomic E-state index is 2.33. The Hall–Kier alpha value is -2.02. The van der Waals surface area contributed by atoms with E-state index in [-0.39, 0.29) is 0 Å². The van der Waals surface area contributed by atoms with Crippen molar-refractivity contribution in [1.29, 1.82) is 0 Å². The van der Waals surface area contributed by atoms with Crippen molar-refractivity contribution in [3.8, 4) is 0 Å². The van der Waals surface area contributed by atoms with Gasteiger partial charge >= 0.3 is 0 Å². The number of para-hydroxylation sites is 1. The van der Waals surface area contributed by atoms with Crippen LogP contribution in [-0.4, -0.2) is 6.54 Å². The van der Waals surface area contributed by atoms with Crippen LogP contribution in [0.4, 0.5) is 5.69 Å².